The molecule has 0 saturated heterocycles. The number of oxazole rings is 1. The van der Waals surface area contributed by atoms with Gasteiger partial charge in [0.05, 0.1) is 6.61 Å². The van der Waals surface area contributed by atoms with Gasteiger partial charge < -0.3 is 14.9 Å². The normalized spacial score (nSPS) is 10.9. The summed E-state index contributed by atoms with van der Waals surface area (Å²) in [5, 5.41) is 0. The molecule has 4 nitrogen and oxygen atoms in total. The van der Waals surface area contributed by atoms with Crippen molar-refractivity contribution in [2.45, 2.75) is 19.8 Å². The van der Waals surface area contributed by atoms with Crippen LogP contribution in [-0.2, 0) is 0 Å². The number of unbranched alkanes of at least 4 members (excludes halogenated alkanes) is 1. The van der Waals surface area contributed by atoms with E-state index in [0.29, 0.717) is 19.0 Å². The van der Waals surface area contributed by atoms with Crippen LogP contribution in [0.15, 0.2) is 22.6 Å². The molecule has 16 heavy (non-hydrogen) atoms. The number of nitrogens with two attached hydrogens (primary N) is 1. The Morgan fingerprint density at radius 1 is 1.38 bits per heavy atom. The number of nitrogens with zero attached hydrogens (tertiary/aromatic N) is 1. The third-order valence-electron chi connectivity index (χ3n) is 2.33. The Bertz CT molecular complexity index is 465. The van der Waals surface area contributed by atoms with E-state index in [4.69, 9.17) is 14.9 Å². The van der Waals surface area contributed by atoms with E-state index in [1.54, 1.807) is 0 Å². The van der Waals surface area contributed by atoms with Crippen molar-refractivity contribution in [3.8, 4) is 5.75 Å². The van der Waals surface area contributed by atoms with Crippen molar-refractivity contribution in [2.24, 2.45) is 5.73 Å². The fourth-order valence-electron chi connectivity index (χ4n) is 1.55. The van der Waals surface area contributed by atoms with Gasteiger partial charge in [0.15, 0.2) is 11.5 Å². The SMILES string of the molecule is Cc1nc2cc(OCCCCN)ccc2o1. The van der Waals surface area contributed by atoms with Crippen LogP contribution in [0, 0.1) is 6.92 Å². The predicted octanol–water partition coefficient (Wildman–Crippen LogP) is 2.25. The molecule has 0 amide bonds. The van der Waals surface area contributed by atoms with Gasteiger partial charge >= 0.3 is 0 Å². The predicted molar refractivity (Wildman–Crippen MR) is 62.5 cm³/mol. The van der Waals surface area contributed by atoms with Crippen LogP contribution in [0.2, 0.25) is 0 Å². The fourth-order valence-corrected chi connectivity index (χ4v) is 1.55. The molecule has 0 aliphatic rings. The highest BCUT2D eigenvalue weighted by Gasteiger charge is 2.03. The highest BCUT2D eigenvalue weighted by Crippen LogP contribution is 2.21. The van der Waals surface area contributed by atoms with E-state index in [1.165, 1.54) is 0 Å². The van der Waals surface area contributed by atoms with Crippen LogP contribution < -0.4 is 10.5 Å². The van der Waals surface area contributed by atoms with E-state index in [1.807, 2.05) is 25.1 Å². The molecule has 2 N–H and O–H groups in total. The summed E-state index contributed by atoms with van der Waals surface area (Å²) in [6, 6.07) is 5.68. The second-order valence-corrected chi connectivity index (χ2v) is 3.71. The lowest BCUT2D eigenvalue weighted by atomic mass is 10.3. The van der Waals surface area contributed by atoms with Gasteiger partial charge in [0.25, 0.3) is 0 Å². The van der Waals surface area contributed by atoms with Crippen molar-refractivity contribution in [1.82, 2.24) is 4.98 Å². The summed E-state index contributed by atoms with van der Waals surface area (Å²) in [6.07, 6.45) is 1.97. The lowest BCUT2D eigenvalue weighted by Gasteiger charge is -2.04. The molecule has 0 radical (unpaired) electrons. The van der Waals surface area contributed by atoms with Gasteiger partial charge in [0, 0.05) is 13.0 Å². The van der Waals surface area contributed by atoms with Gasteiger partial charge in [0.2, 0.25) is 0 Å². The average molecular weight is 220 g/mol. The first-order valence-electron chi connectivity index (χ1n) is 5.49. The maximum Gasteiger partial charge on any atom is 0.192 e. The summed E-state index contributed by atoms with van der Waals surface area (Å²) in [5.74, 6) is 1.51. The van der Waals surface area contributed by atoms with E-state index < -0.39 is 0 Å². The maximum atomic E-state index is 5.59. The molecule has 1 aromatic carbocycles. The van der Waals surface area contributed by atoms with Gasteiger partial charge in [-0.3, -0.25) is 0 Å². The summed E-state index contributed by atoms with van der Waals surface area (Å²) >= 11 is 0. The minimum Gasteiger partial charge on any atom is -0.494 e. The number of aromatic nitrogens is 1. The van der Waals surface area contributed by atoms with Crippen LogP contribution in [0.25, 0.3) is 11.1 Å². The first-order valence-corrected chi connectivity index (χ1v) is 5.49. The van der Waals surface area contributed by atoms with Crippen molar-refractivity contribution in [1.29, 1.82) is 0 Å². The number of aryl methyl sites for hydroxylation is 1. The van der Waals surface area contributed by atoms with Crippen molar-refractivity contribution in [3.05, 3.63) is 24.1 Å². The molecular formula is C12H16N2O2. The topological polar surface area (TPSA) is 61.3 Å². The molecule has 86 valence electrons. The number of ether oxygens (including phenoxy) is 1. The third-order valence-corrected chi connectivity index (χ3v) is 2.33. The van der Waals surface area contributed by atoms with Crippen LogP contribution in [0.1, 0.15) is 18.7 Å². The number of benzene rings is 1. The first-order chi connectivity index (χ1) is 7.79. The number of hydrogen-bond donors (Lipinski definition) is 1. The number of hydrogen-bond acceptors (Lipinski definition) is 4. The smallest absolute Gasteiger partial charge is 0.192 e. The quantitative estimate of drug-likeness (QED) is 0.785. The first kappa shape index (κ1) is 11.0. The van der Waals surface area contributed by atoms with Gasteiger partial charge in [-0.15, -0.1) is 0 Å². The minimum absolute atomic E-state index is 0.676. The largest absolute Gasteiger partial charge is 0.494 e. The summed E-state index contributed by atoms with van der Waals surface area (Å²) in [4.78, 5) is 4.25. The fraction of sp³-hybridized carbons (Fsp3) is 0.417. The van der Waals surface area contributed by atoms with Crippen LogP contribution >= 0.6 is 0 Å². The molecule has 0 unspecified atom stereocenters. The van der Waals surface area contributed by atoms with Gasteiger partial charge in [-0.1, -0.05) is 0 Å². The minimum atomic E-state index is 0.676. The lowest BCUT2D eigenvalue weighted by Crippen LogP contribution is -2.03. The molecular weight excluding hydrogens is 204 g/mol. The van der Waals surface area contributed by atoms with Crippen LogP contribution in [0.4, 0.5) is 0 Å². The van der Waals surface area contributed by atoms with Crippen molar-refractivity contribution in [3.63, 3.8) is 0 Å². The summed E-state index contributed by atoms with van der Waals surface area (Å²) in [6.45, 7) is 3.24. The zero-order chi connectivity index (χ0) is 11.4. The highest BCUT2D eigenvalue weighted by molar-refractivity contribution is 5.74. The Labute approximate surface area is 94.4 Å². The van der Waals surface area contributed by atoms with E-state index in [0.717, 1.165) is 29.7 Å². The molecule has 0 fully saturated rings. The standard InChI is InChI=1S/C12H16N2O2/c1-9-14-11-8-10(4-5-12(11)16-9)15-7-3-2-6-13/h4-5,8H,2-3,6-7,13H2,1H3. The molecule has 2 rings (SSSR count). The monoisotopic (exact) mass is 220 g/mol. The Balaban J connectivity index is 2.02. The van der Waals surface area contributed by atoms with E-state index in [9.17, 15) is 0 Å². The molecule has 2 aromatic rings. The molecule has 0 spiro atoms. The Hall–Kier alpha value is -1.55. The van der Waals surface area contributed by atoms with Gasteiger partial charge in [-0.05, 0) is 31.5 Å². The molecule has 0 aliphatic heterocycles. The summed E-state index contributed by atoms with van der Waals surface area (Å²) in [5.41, 5.74) is 7.05. The average Bonchev–Trinajstić information content (AvgIpc) is 2.64. The van der Waals surface area contributed by atoms with Crippen molar-refractivity contribution in [2.75, 3.05) is 13.2 Å². The number of rotatable bonds is 5. The van der Waals surface area contributed by atoms with E-state index in [2.05, 4.69) is 4.98 Å². The molecule has 4 heteroatoms. The van der Waals surface area contributed by atoms with E-state index >= 15 is 0 Å². The van der Waals surface area contributed by atoms with Crippen LogP contribution in [0.5, 0.6) is 5.75 Å². The zero-order valence-electron chi connectivity index (χ0n) is 9.40. The molecule has 0 bridgehead atoms. The zero-order valence-corrected chi connectivity index (χ0v) is 9.40. The molecule has 0 aliphatic carbocycles. The molecule has 1 heterocycles. The molecule has 0 saturated carbocycles. The Morgan fingerprint density at radius 2 is 2.25 bits per heavy atom. The van der Waals surface area contributed by atoms with Crippen molar-refractivity contribution >= 4 is 11.1 Å². The van der Waals surface area contributed by atoms with Crippen LogP contribution in [0.3, 0.4) is 0 Å². The lowest BCUT2D eigenvalue weighted by molar-refractivity contribution is 0.308. The third kappa shape index (κ3) is 2.52. The van der Waals surface area contributed by atoms with Gasteiger partial charge in [-0.25, -0.2) is 4.98 Å². The second kappa shape index (κ2) is 4.99. The Morgan fingerprint density at radius 3 is 3.06 bits per heavy atom. The Kier molecular flexibility index (Phi) is 3.41. The van der Waals surface area contributed by atoms with Gasteiger partial charge in [-0.2, -0.15) is 0 Å². The van der Waals surface area contributed by atoms with E-state index in [-0.39, 0.29) is 0 Å². The second-order valence-electron chi connectivity index (χ2n) is 3.71. The molecule has 0 atom stereocenters. The molecule has 1 aromatic heterocycles. The van der Waals surface area contributed by atoms with Crippen LogP contribution in [-0.4, -0.2) is 18.1 Å². The summed E-state index contributed by atoms with van der Waals surface area (Å²) < 4.78 is 11.0. The maximum absolute atomic E-state index is 5.59. The van der Waals surface area contributed by atoms with Gasteiger partial charge in [0.1, 0.15) is 11.3 Å². The number of fused-ring (bicyclic) bond motifs is 1. The van der Waals surface area contributed by atoms with Crippen molar-refractivity contribution < 1.29 is 9.15 Å². The highest BCUT2D eigenvalue weighted by atomic mass is 16.5. The summed E-state index contributed by atoms with van der Waals surface area (Å²) in [7, 11) is 0.